The molecule has 8 heteroatoms. The van der Waals surface area contributed by atoms with Gasteiger partial charge in [0.05, 0.1) is 31.5 Å². The molecule has 22 heavy (non-hydrogen) atoms. The van der Waals surface area contributed by atoms with E-state index >= 15 is 0 Å². The molecule has 2 heterocycles. The van der Waals surface area contributed by atoms with Crippen LogP contribution in [-0.4, -0.2) is 61.0 Å². The Morgan fingerprint density at radius 3 is 2.18 bits per heavy atom. The molecular weight excluding hydrogens is 292 g/mol. The van der Waals surface area contributed by atoms with Gasteiger partial charge in [-0.25, -0.2) is 4.79 Å². The minimum absolute atomic E-state index is 0.1000. The summed E-state index contributed by atoms with van der Waals surface area (Å²) in [5.74, 6) is -3.19. The normalized spacial score (nSPS) is 25.1. The molecule has 0 aromatic heterocycles. The topological polar surface area (TPSA) is 102 Å². The molecule has 2 aliphatic heterocycles. The summed E-state index contributed by atoms with van der Waals surface area (Å²) in [4.78, 5) is 49.5. The van der Waals surface area contributed by atoms with Gasteiger partial charge in [-0.15, -0.1) is 0 Å². The van der Waals surface area contributed by atoms with Crippen LogP contribution >= 0.6 is 0 Å². The first-order valence-electron chi connectivity index (χ1n) is 7.41. The van der Waals surface area contributed by atoms with Crippen molar-refractivity contribution < 1.29 is 28.7 Å². The molecule has 0 radical (unpaired) electrons. The first-order valence-corrected chi connectivity index (χ1v) is 7.41. The fraction of sp³-hybridized carbons (Fsp3) is 0.714. The van der Waals surface area contributed by atoms with E-state index in [4.69, 9.17) is 9.47 Å². The molecule has 2 rings (SSSR count). The van der Waals surface area contributed by atoms with E-state index < -0.39 is 41.6 Å². The second kappa shape index (κ2) is 6.87. The number of amides is 2. The largest absolute Gasteiger partial charge is 0.466 e. The Labute approximate surface area is 128 Å². The summed E-state index contributed by atoms with van der Waals surface area (Å²) in [6.45, 7) is 4.32. The number of likely N-dealkylation sites (tertiary alicyclic amines) is 1. The maximum absolute atomic E-state index is 12.4. The number of esters is 2. The highest BCUT2D eigenvalue weighted by Gasteiger charge is 2.54. The van der Waals surface area contributed by atoms with Gasteiger partial charge in [0, 0.05) is 13.1 Å². The summed E-state index contributed by atoms with van der Waals surface area (Å²) >= 11 is 0. The molecule has 8 nitrogen and oxygen atoms in total. The van der Waals surface area contributed by atoms with Gasteiger partial charge in [0.2, 0.25) is 11.8 Å². The quantitative estimate of drug-likeness (QED) is 0.499. The number of carbonyl (C=O) groups excluding carboxylic acids is 4. The van der Waals surface area contributed by atoms with Crippen LogP contribution in [0.3, 0.4) is 0 Å². The lowest BCUT2D eigenvalue weighted by Gasteiger charge is -2.24. The van der Waals surface area contributed by atoms with E-state index in [2.05, 4.69) is 5.32 Å². The average molecular weight is 312 g/mol. The van der Waals surface area contributed by atoms with E-state index in [1.54, 1.807) is 13.8 Å². The Hall–Kier alpha value is -1.96. The number of imide groups is 1. The van der Waals surface area contributed by atoms with Gasteiger partial charge in [-0.1, -0.05) is 0 Å². The molecule has 0 aromatic rings. The highest BCUT2D eigenvalue weighted by atomic mass is 16.5. The zero-order chi connectivity index (χ0) is 16.3. The first kappa shape index (κ1) is 16.4. The zero-order valence-electron chi connectivity index (χ0n) is 12.7. The molecule has 2 fully saturated rings. The van der Waals surface area contributed by atoms with Crippen LogP contribution in [0.1, 0.15) is 20.3 Å². The predicted octanol–water partition coefficient (Wildman–Crippen LogP) is -0.924. The predicted molar refractivity (Wildman–Crippen MR) is 73.4 cm³/mol. The average Bonchev–Trinajstić information content (AvgIpc) is 3.03. The van der Waals surface area contributed by atoms with Crippen molar-refractivity contribution in [1.29, 1.82) is 0 Å². The van der Waals surface area contributed by atoms with Gasteiger partial charge in [0.15, 0.2) is 0 Å². The minimum Gasteiger partial charge on any atom is -0.466 e. The van der Waals surface area contributed by atoms with Crippen molar-refractivity contribution in [3.63, 3.8) is 0 Å². The van der Waals surface area contributed by atoms with Gasteiger partial charge in [-0.2, -0.15) is 0 Å². The lowest BCUT2D eigenvalue weighted by molar-refractivity contribution is -0.162. The number of fused-ring (bicyclic) bond motifs is 1. The number of rotatable bonds is 6. The number of hydrogen-bond acceptors (Lipinski definition) is 7. The Balaban J connectivity index is 2.20. The second-order valence-electron chi connectivity index (χ2n) is 5.19. The zero-order valence-corrected chi connectivity index (χ0v) is 12.7. The molecule has 2 amide bonds. The molecule has 0 unspecified atom stereocenters. The maximum Gasteiger partial charge on any atom is 0.329 e. The molecule has 0 aliphatic carbocycles. The first-order chi connectivity index (χ1) is 10.5. The van der Waals surface area contributed by atoms with Crippen molar-refractivity contribution >= 4 is 23.8 Å². The second-order valence-corrected chi connectivity index (χ2v) is 5.19. The van der Waals surface area contributed by atoms with Crippen LogP contribution in [0.25, 0.3) is 0 Å². The molecule has 2 aliphatic rings. The van der Waals surface area contributed by atoms with Crippen LogP contribution in [-0.2, 0) is 28.7 Å². The third-order valence-electron chi connectivity index (χ3n) is 3.86. The van der Waals surface area contributed by atoms with E-state index in [1.165, 1.54) is 0 Å². The van der Waals surface area contributed by atoms with Crippen LogP contribution < -0.4 is 5.32 Å². The lowest BCUT2D eigenvalue weighted by atomic mass is 10.00. The van der Waals surface area contributed by atoms with Crippen LogP contribution in [0.5, 0.6) is 0 Å². The van der Waals surface area contributed by atoms with Crippen LogP contribution in [0.4, 0.5) is 0 Å². The smallest absolute Gasteiger partial charge is 0.329 e. The summed E-state index contributed by atoms with van der Waals surface area (Å²) < 4.78 is 9.72. The summed E-state index contributed by atoms with van der Waals surface area (Å²) in [5, 5.41) is 2.98. The minimum atomic E-state index is -1.25. The number of ether oxygens (including phenoxy) is 2. The van der Waals surface area contributed by atoms with Gasteiger partial charge in [0.1, 0.15) is 6.04 Å². The van der Waals surface area contributed by atoms with Gasteiger partial charge in [-0.05, 0) is 13.8 Å². The maximum atomic E-state index is 12.4. The van der Waals surface area contributed by atoms with Crippen LogP contribution in [0.2, 0.25) is 0 Å². The molecule has 0 aromatic carbocycles. The van der Waals surface area contributed by atoms with E-state index in [0.717, 1.165) is 4.90 Å². The van der Waals surface area contributed by atoms with Crippen molar-refractivity contribution in [3.05, 3.63) is 0 Å². The summed E-state index contributed by atoms with van der Waals surface area (Å²) in [7, 11) is 0. The molecule has 1 N–H and O–H groups in total. The van der Waals surface area contributed by atoms with Gasteiger partial charge in [-0.3, -0.25) is 19.3 Å². The molecule has 122 valence electrons. The summed E-state index contributed by atoms with van der Waals surface area (Å²) in [6, 6.07) is -1.25. The SMILES string of the molecule is CCOC(=O)C[C@@H](C(=O)OCC)N1C(=O)[C@H]2CNC[C@H]2C1=O. The van der Waals surface area contributed by atoms with E-state index in [-0.39, 0.29) is 19.6 Å². The van der Waals surface area contributed by atoms with Crippen molar-refractivity contribution in [2.75, 3.05) is 26.3 Å². The lowest BCUT2D eigenvalue weighted by Crippen LogP contribution is -2.48. The standard InChI is InChI=1S/C14H20N2O6/c1-3-21-11(17)5-10(14(20)22-4-2)16-12(18)8-6-15-7-9(8)13(16)19/h8-10,15H,3-7H2,1-2H3/t8-,9+,10-/m0/s1. The number of carbonyl (C=O) groups is 4. The number of nitrogens with zero attached hydrogens (tertiary/aromatic N) is 1. The summed E-state index contributed by atoms with van der Waals surface area (Å²) in [6.07, 6.45) is -0.378. The molecule has 2 saturated heterocycles. The Morgan fingerprint density at radius 2 is 1.68 bits per heavy atom. The number of hydrogen-bond donors (Lipinski definition) is 1. The third kappa shape index (κ3) is 2.96. The fourth-order valence-electron chi connectivity index (χ4n) is 2.87. The van der Waals surface area contributed by atoms with E-state index in [1.807, 2.05) is 0 Å². The molecular formula is C14H20N2O6. The van der Waals surface area contributed by atoms with Gasteiger partial charge < -0.3 is 14.8 Å². The number of nitrogens with one attached hydrogen (secondary N) is 1. The highest BCUT2D eigenvalue weighted by molar-refractivity contribution is 6.08. The highest BCUT2D eigenvalue weighted by Crippen LogP contribution is 2.31. The van der Waals surface area contributed by atoms with Gasteiger partial charge >= 0.3 is 11.9 Å². The van der Waals surface area contributed by atoms with E-state index in [9.17, 15) is 19.2 Å². The Kier molecular flexibility index (Phi) is 5.12. The van der Waals surface area contributed by atoms with Crippen LogP contribution in [0, 0.1) is 11.8 Å². The Morgan fingerprint density at radius 1 is 1.14 bits per heavy atom. The monoisotopic (exact) mass is 312 g/mol. The van der Waals surface area contributed by atoms with Crippen molar-refractivity contribution in [2.24, 2.45) is 11.8 Å². The van der Waals surface area contributed by atoms with Crippen molar-refractivity contribution in [1.82, 2.24) is 10.2 Å². The van der Waals surface area contributed by atoms with Gasteiger partial charge in [0.25, 0.3) is 0 Å². The van der Waals surface area contributed by atoms with Crippen molar-refractivity contribution in [2.45, 2.75) is 26.3 Å². The summed E-state index contributed by atoms with van der Waals surface area (Å²) in [5.41, 5.74) is 0. The van der Waals surface area contributed by atoms with E-state index in [0.29, 0.717) is 13.1 Å². The Bertz CT molecular complexity index is 470. The molecule has 0 bridgehead atoms. The van der Waals surface area contributed by atoms with Crippen molar-refractivity contribution in [3.8, 4) is 0 Å². The third-order valence-corrected chi connectivity index (χ3v) is 3.86. The molecule has 0 saturated carbocycles. The fourth-order valence-corrected chi connectivity index (χ4v) is 2.87. The molecule has 0 spiro atoms. The van der Waals surface area contributed by atoms with Crippen LogP contribution in [0.15, 0.2) is 0 Å². The molecule has 3 atom stereocenters.